The van der Waals surface area contributed by atoms with Crippen LogP contribution < -0.4 is 0 Å². The van der Waals surface area contributed by atoms with Gasteiger partial charge in [0, 0.05) is 0 Å². The van der Waals surface area contributed by atoms with Crippen LogP contribution in [0.15, 0.2) is 146 Å². The zero-order valence-electron chi connectivity index (χ0n) is 20.9. The molecule has 0 N–H and O–H groups in total. The third-order valence-corrected chi connectivity index (χ3v) is 7.99. The van der Waals surface area contributed by atoms with Crippen LogP contribution in [0.4, 0.5) is 0 Å². The van der Waals surface area contributed by atoms with Crippen molar-refractivity contribution in [3.05, 3.63) is 146 Å². The number of hydrogen-bond donors (Lipinski definition) is 0. The normalized spacial score (nSPS) is 11.7. The lowest BCUT2D eigenvalue weighted by molar-refractivity contribution is 1.64. The highest BCUT2D eigenvalue weighted by atomic mass is 14.1. The van der Waals surface area contributed by atoms with E-state index in [1.165, 1.54) is 76.1 Å². The van der Waals surface area contributed by atoms with Crippen LogP contribution in [0.2, 0.25) is 0 Å². The maximum Gasteiger partial charge on any atom is -0.00204 e. The standard InChI is InChI=1S/C38H24/c1-2-6-25(7-3-1)31-19-10-26-11-20-32(23-34(26)22-31)33-21-14-28-13-16-30-18-17-29-15-12-27-8-4-5-9-35(27)37(29)38(30)36(28)24-33/h1-24H. The van der Waals surface area contributed by atoms with E-state index in [9.17, 15) is 0 Å². The van der Waals surface area contributed by atoms with E-state index in [4.69, 9.17) is 0 Å². The van der Waals surface area contributed by atoms with E-state index < -0.39 is 0 Å². The number of fused-ring (bicyclic) bond motifs is 8. The molecule has 0 spiro atoms. The average Bonchev–Trinajstić information content (AvgIpc) is 3.00. The molecule has 38 heavy (non-hydrogen) atoms. The molecule has 0 aromatic heterocycles. The number of hydrogen-bond acceptors (Lipinski definition) is 0. The van der Waals surface area contributed by atoms with Gasteiger partial charge in [0.2, 0.25) is 0 Å². The van der Waals surface area contributed by atoms with Crippen molar-refractivity contribution in [1.29, 1.82) is 0 Å². The van der Waals surface area contributed by atoms with Gasteiger partial charge in [-0.25, -0.2) is 0 Å². The molecule has 0 amide bonds. The van der Waals surface area contributed by atoms with Crippen molar-refractivity contribution in [2.75, 3.05) is 0 Å². The van der Waals surface area contributed by atoms with Crippen LogP contribution in [-0.4, -0.2) is 0 Å². The van der Waals surface area contributed by atoms with Crippen LogP contribution in [0.25, 0.3) is 76.1 Å². The molecule has 8 rings (SSSR count). The molecule has 0 saturated carbocycles. The Labute approximate surface area is 221 Å². The highest BCUT2D eigenvalue weighted by Gasteiger charge is 2.10. The van der Waals surface area contributed by atoms with E-state index in [0.717, 1.165) is 0 Å². The summed E-state index contributed by atoms with van der Waals surface area (Å²) in [4.78, 5) is 0. The summed E-state index contributed by atoms with van der Waals surface area (Å²) in [6.45, 7) is 0. The van der Waals surface area contributed by atoms with Gasteiger partial charge in [-0.1, -0.05) is 127 Å². The van der Waals surface area contributed by atoms with Crippen molar-refractivity contribution in [1.82, 2.24) is 0 Å². The van der Waals surface area contributed by atoms with Crippen LogP contribution in [0.3, 0.4) is 0 Å². The summed E-state index contributed by atoms with van der Waals surface area (Å²) in [6.07, 6.45) is 0. The maximum absolute atomic E-state index is 2.39. The van der Waals surface area contributed by atoms with Gasteiger partial charge in [-0.2, -0.15) is 0 Å². The van der Waals surface area contributed by atoms with E-state index in [2.05, 4.69) is 146 Å². The van der Waals surface area contributed by atoms with E-state index in [-0.39, 0.29) is 0 Å². The molecule has 0 fully saturated rings. The molecule has 0 radical (unpaired) electrons. The Morgan fingerprint density at radius 1 is 0.237 bits per heavy atom. The van der Waals surface area contributed by atoms with Crippen LogP contribution >= 0.6 is 0 Å². The van der Waals surface area contributed by atoms with Crippen molar-refractivity contribution >= 4 is 53.9 Å². The Bertz CT molecular complexity index is 2160. The van der Waals surface area contributed by atoms with Gasteiger partial charge in [0.15, 0.2) is 0 Å². The molecule has 0 aliphatic carbocycles. The first kappa shape index (κ1) is 21.2. The van der Waals surface area contributed by atoms with E-state index in [1.54, 1.807) is 0 Å². The molecular formula is C38H24. The summed E-state index contributed by atoms with van der Waals surface area (Å²) in [6, 6.07) is 53.4. The van der Waals surface area contributed by atoms with Crippen molar-refractivity contribution in [3.63, 3.8) is 0 Å². The zero-order chi connectivity index (χ0) is 25.1. The molecule has 0 aliphatic rings. The summed E-state index contributed by atoms with van der Waals surface area (Å²) in [7, 11) is 0. The van der Waals surface area contributed by atoms with Crippen molar-refractivity contribution in [2.45, 2.75) is 0 Å². The lowest BCUT2D eigenvalue weighted by Crippen LogP contribution is -1.85. The third-order valence-electron chi connectivity index (χ3n) is 7.99. The largest absolute Gasteiger partial charge is 0.0622 e. The van der Waals surface area contributed by atoms with E-state index >= 15 is 0 Å². The number of benzene rings is 8. The minimum Gasteiger partial charge on any atom is -0.0622 e. The van der Waals surface area contributed by atoms with Gasteiger partial charge in [0.1, 0.15) is 0 Å². The first-order chi connectivity index (χ1) is 18.8. The summed E-state index contributed by atoms with van der Waals surface area (Å²) in [5.74, 6) is 0. The predicted octanol–water partition coefficient (Wildman–Crippen LogP) is 10.8. The summed E-state index contributed by atoms with van der Waals surface area (Å²) in [5.41, 5.74) is 4.98. The van der Waals surface area contributed by atoms with Crippen LogP contribution in [-0.2, 0) is 0 Å². The Kier molecular flexibility index (Phi) is 4.62. The SMILES string of the molecule is c1ccc(-c2ccc3ccc(-c4ccc5ccc6ccc7ccc8ccccc8c7c6c5c4)cc3c2)cc1. The smallest absolute Gasteiger partial charge is 0.00204 e. The summed E-state index contributed by atoms with van der Waals surface area (Å²) < 4.78 is 0. The first-order valence-corrected chi connectivity index (χ1v) is 13.2. The monoisotopic (exact) mass is 480 g/mol. The Morgan fingerprint density at radius 3 is 1.42 bits per heavy atom. The van der Waals surface area contributed by atoms with Crippen LogP contribution in [0.5, 0.6) is 0 Å². The molecule has 0 atom stereocenters. The Hall–Kier alpha value is -4.94. The van der Waals surface area contributed by atoms with Gasteiger partial charge in [-0.3, -0.25) is 0 Å². The number of rotatable bonds is 2. The van der Waals surface area contributed by atoms with Crippen molar-refractivity contribution in [3.8, 4) is 22.3 Å². The second-order valence-electron chi connectivity index (χ2n) is 10.2. The maximum atomic E-state index is 2.39. The fraction of sp³-hybridized carbons (Fsp3) is 0. The molecule has 0 unspecified atom stereocenters. The van der Waals surface area contributed by atoms with Gasteiger partial charge in [-0.05, 0) is 94.3 Å². The molecule has 0 bridgehead atoms. The second kappa shape index (κ2) is 8.30. The van der Waals surface area contributed by atoms with Gasteiger partial charge in [0.05, 0.1) is 0 Å². The molecule has 0 saturated heterocycles. The highest BCUT2D eigenvalue weighted by molar-refractivity contribution is 6.27. The third kappa shape index (κ3) is 3.31. The Balaban J connectivity index is 1.38. The molecular weight excluding hydrogens is 456 g/mol. The molecule has 176 valence electrons. The lowest BCUT2D eigenvalue weighted by Gasteiger charge is -2.13. The Morgan fingerprint density at radius 2 is 0.711 bits per heavy atom. The minimum absolute atomic E-state index is 1.24. The van der Waals surface area contributed by atoms with E-state index in [1.807, 2.05) is 0 Å². The zero-order valence-corrected chi connectivity index (χ0v) is 20.9. The molecule has 0 heterocycles. The predicted molar refractivity (Wildman–Crippen MR) is 165 cm³/mol. The topological polar surface area (TPSA) is 0 Å². The van der Waals surface area contributed by atoms with Gasteiger partial charge in [-0.15, -0.1) is 0 Å². The van der Waals surface area contributed by atoms with Crippen LogP contribution in [0, 0.1) is 0 Å². The van der Waals surface area contributed by atoms with Crippen molar-refractivity contribution in [2.24, 2.45) is 0 Å². The summed E-state index contributed by atoms with van der Waals surface area (Å²) >= 11 is 0. The molecule has 0 heteroatoms. The van der Waals surface area contributed by atoms with Crippen LogP contribution in [0.1, 0.15) is 0 Å². The first-order valence-electron chi connectivity index (χ1n) is 13.2. The molecule has 0 nitrogen and oxygen atoms in total. The minimum atomic E-state index is 1.24. The lowest BCUT2D eigenvalue weighted by atomic mass is 9.91. The van der Waals surface area contributed by atoms with Gasteiger partial charge >= 0.3 is 0 Å². The second-order valence-corrected chi connectivity index (χ2v) is 10.2. The van der Waals surface area contributed by atoms with Gasteiger partial charge in [0.25, 0.3) is 0 Å². The fourth-order valence-corrected chi connectivity index (χ4v) is 6.06. The molecule has 8 aromatic rings. The van der Waals surface area contributed by atoms with Crippen molar-refractivity contribution < 1.29 is 0 Å². The fourth-order valence-electron chi connectivity index (χ4n) is 6.06. The molecule has 0 aliphatic heterocycles. The highest BCUT2D eigenvalue weighted by Crippen LogP contribution is 2.38. The quantitative estimate of drug-likeness (QED) is 0.216. The average molecular weight is 481 g/mol. The van der Waals surface area contributed by atoms with Gasteiger partial charge < -0.3 is 0 Å². The molecule has 8 aromatic carbocycles. The van der Waals surface area contributed by atoms with E-state index in [0.29, 0.717) is 0 Å². The summed E-state index contributed by atoms with van der Waals surface area (Å²) in [5, 5.41) is 12.9.